The Morgan fingerprint density at radius 3 is 2.54 bits per heavy atom. The van der Waals surface area contributed by atoms with E-state index in [4.69, 9.17) is 9.26 Å². The second kappa shape index (κ2) is 7.11. The average Bonchev–Trinajstić information content (AvgIpc) is 3.02. The molecule has 0 spiro atoms. The van der Waals surface area contributed by atoms with Gasteiger partial charge in [-0.05, 0) is 25.2 Å². The summed E-state index contributed by atoms with van der Waals surface area (Å²) in [6.45, 7) is 6.79. The van der Waals surface area contributed by atoms with Crippen LogP contribution in [0.3, 0.4) is 0 Å². The first-order valence-electron chi connectivity index (χ1n) is 8.12. The van der Waals surface area contributed by atoms with E-state index >= 15 is 0 Å². The maximum Gasteiger partial charge on any atom is 0.223 e. The molecule has 1 aliphatic carbocycles. The van der Waals surface area contributed by atoms with Gasteiger partial charge in [-0.15, -0.1) is 12.4 Å². The molecule has 0 amide bonds. The molecule has 1 N–H and O–H groups in total. The van der Waals surface area contributed by atoms with Crippen molar-refractivity contribution in [2.24, 2.45) is 7.05 Å². The summed E-state index contributed by atoms with van der Waals surface area (Å²) >= 11 is 0. The minimum absolute atomic E-state index is 0. The zero-order chi connectivity index (χ0) is 16.6. The summed E-state index contributed by atoms with van der Waals surface area (Å²) in [5.41, 5.74) is 1.99. The number of nitrogens with zero attached hydrogens (tertiary/aromatic N) is 4. The number of ether oxygens (including phenoxy) is 1. The Hall–Kier alpha value is -1.60. The van der Waals surface area contributed by atoms with Gasteiger partial charge in [-0.25, -0.2) is 4.68 Å². The third-order valence-electron chi connectivity index (χ3n) is 4.63. The Balaban J connectivity index is 0.00000208. The molecule has 2 heterocycles. The number of aryl methyl sites for hydroxylation is 2. The molecule has 3 rings (SSSR count). The summed E-state index contributed by atoms with van der Waals surface area (Å²) in [5, 5.41) is 12.4. The van der Waals surface area contributed by atoms with Gasteiger partial charge in [-0.2, -0.15) is 10.1 Å². The summed E-state index contributed by atoms with van der Waals surface area (Å²) in [4.78, 5) is 4.43. The lowest BCUT2D eigenvalue weighted by Crippen LogP contribution is -2.48. The SMILES string of the molecule is COc1c(CNC2(c3noc(C)n3)CCC2)c(C(C)C)nn1C.Cl. The average molecular weight is 356 g/mol. The molecule has 0 radical (unpaired) electrons. The van der Waals surface area contributed by atoms with E-state index in [1.807, 2.05) is 14.0 Å². The molecule has 0 unspecified atom stereocenters. The van der Waals surface area contributed by atoms with Crippen molar-refractivity contribution in [1.29, 1.82) is 0 Å². The van der Waals surface area contributed by atoms with Gasteiger partial charge < -0.3 is 14.6 Å². The van der Waals surface area contributed by atoms with Crippen LogP contribution in [0.2, 0.25) is 0 Å². The Morgan fingerprint density at radius 2 is 2.08 bits per heavy atom. The van der Waals surface area contributed by atoms with Crippen molar-refractivity contribution >= 4 is 12.4 Å². The molecule has 0 saturated heterocycles. The van der Waals surface area contributed by atoms with Crippen molar-refractivity contribution in [3.05, 3.63) is 23.0 Å². The highest BCUT2D eigenvalue weighted by molar-refractivity contribution is 5.85. The minimum Gasteiger partial charge on any atom is -0.481 e. The van der Waals surface area contributed by atoms with Gasteiger partial charge in [-0.1, -0.05) is 19.0 Å². The van der Waals surface area contributed by atoms with Crippen LogP contribution in [-0.2, 0) is 19.1 Å². The standard InChI is InChI=1S/C16H25N5O2.ClH/c1-10(2)13-12(14(22-5)21(4)19-13)9-17-16(7-6-8-16)15-18-11(3)23-20-15;/h10,17H,6-9H2,1-5H3;1H. The molecule has 0 atom stereocenters. The number of hydrogen-bond acceptors (Lipinski definition) is 6. The molecule has 8 heteroatoms. The van der Waals surface area contributed by atoms with Crippen LogP contribution in [0.25, 0.3) is 0 Å². The van der Waals surface area contributed by atoms with E-state index in [-0.39, 0.29) is 17.9 Å². The van der Waals surface area contributed by atoms with Crippen LogP contribution >= 0.6 is 12.4 Å². The van der Waals surface area contributed by atoms with Crippen LogP contribution in [0.5, 0.6) is 5.88 Å². The van der Waals surface area contributed by atoms with Crippen molar-refractivity contribution in [2.75, 3.05) is 7.11 Å². The van der Waals surface area contributed by atoms with Crippen molar-refractivity contribution in [1.82, 2.24) is 25.2 Å². The second-order valence-corrected chi connectivity index (χ2v) is 6.58. The fourth-order valence-corrected chi connectivity index (χ4v) is 3.22. The van der Waals surface area contributed by atoms with E-state index < -0.39 is 0 Å². The lowest BCUT2D eigenvalue weighted by molar-refractivity contribution is 0.164. The van der Waals surface area contributed by atoms with Gasteiger partial charge in [0.15, 0.2) is 5.82 Å². The molecule has 1 fully saturated rings. The van der Waals surface area contributed by atoms with Crippen molar-refractivity contribution in [3.8, 4) is 5.88 Å². The van der Waals surface area contributed by atoms with E-state index in [9.17, 15) is 0 Å². The van der Waals surface area contributed by atoms with E-state index in [2.05, 4.69) is 34.4 Å². The molecule has 0 aromatic carbocycles. The molecule has 2 aromatic rings. The monoisotopic (exact) mass is 355 g/mol. The minimum atomic E-state index is -0.188. The van der Waals surface area contributed by atoms with Crippen LogP contribution in [0.4, 0.5) is 0 Å². The molecule has 134 valence electrons. The number of hydrogen-bond donors (Lipinski definition) is 1. The molecule has 0 bridgehead atoms. The van der Waals surface area contributed by atoms with Gasteiger partial charge in [0.25, 0.3) is 0 Å². The normalized spacial score (nSPS) is 15.9. The summed E-state index contributed by atoms with van der Waals surface area (Å²) < 4.78 is 12.5. The first-order chi connectivity index (χ1) is 11.0. The van der Waals surface area contributed by atoms with Gasteiger partial charge in [0, 0.05) is 20.5 Å². The highest BCUT2D eigenvalue weighted by Gasteiger charge is 2.42. The molecule has 1 saturated carbocycles. The fourth-order valence-electron chi connectivity index (χ4n) is 3.22. The zero-order valence-electron chi connectivity index (χ0n) is 14.9. The van der Waals surface area contributed by atoms with Crippen LogP contribution in [0.1, 0.15) is 62.0 Å². The zero-order valence-corrected chi connectivity index (χ0v) is 15.7. The fraction of sp³-hybridized carbons (Fsp3) is 0.688. The summed E-state index contributed by atoms with van der Waals surface area (Å²) in [7, 11) is 3.60. The Labute approximate surface area is 148 Å². The van der Waals surface area contributed by atoms with E-state index in [0.717, 1.165) is 35.8 Å². The topological polar surface area (TPSA) is 78.0 Å². The summed E-state index contributed by atoms with van der Waals surface area (Å²) in [6, 6.07) is 0. The van der Waals surface area contributed by atoms with Crippen LogP contribution in [0.15, 0.2) is 4.52 Å². The molecule has 0 aliphatic heterocycles. The summed E-state index contributed by atoms with van der Waals surface area (Å²) in [5.74, 6) is 2.51. The Bertz CT molecular complexity index is 691. The molecular formula is C16H26ClN5O2. The van der Waals surface area contributed by atoms with Gasteiger partial charge >= 0.3 is 0 Å². The quantitative estimate of drug-likeness (QED) is 0.858. The number of methoxy groups -OCH3 is 1. The molecule has 7 nitrogen and oxygen atoms in total. The van der Waals surface area contributed by atoms with Crippen molar-refractivity contribution in [3.63, 3.8) is 0 Å². The largest absolute Gasteiger partial charge is 0.481 e. The number of aromatic nitrogens is 4. The lowest BCUT2D eigenvalue weighted by Gasteiger charge is -2.40. The Morgan fingerprint density at radius 1 is 1.38 bits per heavy atom. The van der Waals surface area contributed by atoms with Crippen LogP contribution in [0, 0.1) is 6.92 Å². The lowest BCUT2D eigenvalue weighted by atomic mass is 9.76. The predicted octanol–water partition coefficient (Wildman–Crippen LogP) is 2.83. The van der Waals surface area contributed by atoms with Crippen LogP contribution < -0.4 is 10.1 Å². The molecule has 1 aliphatic rings. The molecular weight excluding hydrogens is 330 g/mol. The third-order valence-corrected chi connectivity index (χ3v) is 4.63. The molecule has 2 aromatic heterocycles. The smallest absolute Gasteiger partial charge is 0.223 e. The van der Waals surface area contributed by atoms with Gasteiger partial charge in [0.2, 0.25) is 11.8 Å². The maximum absolute atomic E-state index is 5.54. The Kier molecular flexibility index (Phi) is 5.55. The summed E-state index contributed by atoms with van der Waals surface area (Å²) in [6.07, 6.45) is 3.21. The van der Waals surface area contributed by atoms with Gasteiger partial charge in [0.1, 0.15) is 0 Å². The van der Waals surface area contributed by atoms with E-state index in [1.165, 1.54) is 6.42 Å². The third kappa shape index (κ3) is 3.15. The second-order valence-electron chi connectivity index (χ2n) is 6.58. The number of rotatable bonds is 6. The van der Waals surface area contributed by atoms with Crippen molar-refractivity contribution < 1.29 is 9.26 Å². The van der Waals surface area contributed by atoms with Gasteiger partial charge in [-0.3, -0.25) is 0 Å². The number of halogens is 1. The highest BCUT2D eigenvalue weighted by atomic mass is 35.5. The highest BCUT2D eigenvalue weighted by Crippen LogP contribution is 2.40. The van der Waals surface area contributed by atoms with E-state index in [0.29, 0.717) is 18.4 Å². The van der Waals surface area contributed by atoms with Gasteiger partial charge in [0.05, 0.1) is 23.9 Å². The first kappa shape index (κ1) is 18.7. The first-order valence-corrected chi connectivity index (χ1v) is 8.12. The van der Waals surface area contributed by atoms with E-state index in [1.54, 1.807) is 11.8 Å². The van der Waals surface area contributed by atoms with Crippen LogP contribution in [-0.4, -0.2) is 27.0 Å². The molecule has 24 heavy (non-hydrogen) atoms. The maximum atomic E-state index is 5.54. The van der Waals surface area contributed by atoms with Crippen molar-refractivity contribution in [2.45, 2.75) is 58.0 Å². The predicted molar refractivity (Wildman–Crippen MR) is 92.5 cm³/mol. The number of nitrogens with one attached hydrogen (secondary N) is 1.